The number of anilines is 2. The summed E-state index contributed by atoms with van der Waals surface area (Å²) in [5.41, 5.74) is 1.66. The molecule has 2 rings (SSSR count). The summed E-state index contributed by atoms with van der Waals surface area (Å²) in [7, 11) is -3.37. The van der Waals surface area contributed by atoms with Gasteiger partial charge in [0, 0.05) is 5.69 Å². The summed E-state index contributed by atoms with van der Waals surface area (Å²) in [5, 5.41) is 3.30. The lowest BCUT2D eigenvalue weighted by Crippen LogP contribution is -2.30. The Morgan fingerprint density at radius 3 is 2.56 bits per heavy atom. The largest absolute Gasteiger partial charge is 0.479 e. The third-order valence-corrected chi connectivity index (χ3v) is 5.82. The van der Waals surface area contributed by atoms with E-state index < -0.39 is 16.1 Å². The van der Waals surface area contributed by atoms with Crippen molar-refractivity contribution in [2.75, 3.05) is 15.8 Å². The van der Waals surface area contributed by atoms with Gasteiger partial charge in [0.1, 0.15) is 10.8 Å². The van der Waals surface area contributed by atoms with Gasteiger partial charge >= 0.3 is 0 Å². The van der Waals surface area contributed by atoms with E-state index in [0.29, 0.717) is 27.7 Å². The van der Waals surface area contributed by atoms with Crippen molar-refractivity contribution in [2.24, 2.45) is 0 Å². The first-order valence-corrected chi connectivity index (χ1v) is 10.6. The van der Waals surface area contributed by atoms with Gasteiger partial charge in [0.2, 0.25) is 10.0 Å². The van der Waals surface area contributed by atoms with E-state index in [-0.39, 0.29) is 16.7 Å². The third kappa shape index (κ3) is 5.76. The summed E-state index contributed by atoms with van der Waals surface area (Å²) in [5.74, 6) is -0.0918. The van der Waals surface area contributed by atoms with E-state index in [1.54, 1.807) is 57.2 Å². The first-order chi connectivity index (χ1) is 12.6. The van der Waals surface area contributed by atoms with Gasteiger partial charge in [0.05, 0.1) is 16.5 Å². The van der Waals surface area contributed by atoms with E-state index in [2.05, 4.69) is 10.0 Å². The number of rotatable bonds is 7. The third-order valence-electron chi connectivity index (χ3n) is 3.73. The number of carbonyl (C=O) groups excluding carboxylic acids is 1. The Morgan fingerprint density at radius 2 is 1.93 bits per heavy atom. The smallest absolute Gasteiger partial charge is 0.265 e. The molecule has 0 heterocycles. The molecule has 9 heteroatoms. The predicted octanol–water partition coefficient (Wildman–Crippen LogP) is 4.47. The summed E-state index contributed by atoms with van der Waals surface area (Å²) in [6.07, 6.45) is -0.820. The Bertz CT molecular complexity index is 948. The number of ether oxygens (including phenoxy) is 1. The van der Waals surface area contributed by atoms with Gasteiger partial charge in [-0.05, 0) is 56.7 Å². The molecule has 6 nitrogen and oxygen atoms in total. The van der Waals surface area contributed by atoms with Crippen LogP contribution in [-0.2, 0) is 14.8 Å². The summed E-state index contributed by atoms with van der Waals surface area (Å²) < 4.78 is 31.4. The van der Waals surface area contributed by atoms with Gasteiger partial charge < -0.3 is 10.1 Å². The van der Waals surface area contributed by atoms with Crippen LogP contribution >= 0.6 is 23.2 Å². The van der Waals surface area contributed by atoms with Crippen LogP contribution in [0.2, 0.25) is 10.0 Å². The van der Waals surface area contributed by atoms with Gasteiger partial charge in [-0.15, -0.1) is 0 Å². The molecule has 0 fully saturated rings. The maximum absolute atomic E-state index is 12.4. The fraction of sp³-hybridized carbons (Fsp3) is 0.278. The van der Waals surface area contributed by atoms with Crippen LogP contribution in [0.15, 0.2) is 36.4 Å². The summed E-state index contributed by atoms with van der Waals surface area (Å²) in [6.45, 7) is 4.89. The molecule has 0 aromatic heterocycles. The van der Waals surface area contributed by atoms with E-state index in [0.717, 1.165) is 0 Å². The van der Waals surface area contributed by atoms with Crippen LogP contribution in [-0.4, -0.2) is 26.2 Å². The quantitative estimate of drug-likeness (QED) is 0.678. The minimum absolute atomic E-state index is 0.0220. The number of hydrogen-bond acceptors (Lipinski definition) is 4. The molecule has 1 atom stereocenters. The highest BCUT2D eigenvalue weighted by Gasteiger charge is 2.18. The van der Waals surface area contributed by atoms with Crippen molar-refractivity contribution < 1.29 is 17.9 Å². The van der Waals surface area contributed by atoms with Crippen molar-refractivity contribution >= 4 is 50.5 Å². The van der Waals surface area contributed by atoms with E-state index in [4.69, 9.17) is 27.9 Å². The lowest BCUT2D eigenvalue weighted by molar-refractivity contribution is -0.122. The molecular weight excluding hydrogens is 411 g/mol. The zero-order valence-corrected chi connectivity index (χ0v) is 17.4. The fourth-order valence-corrected chi connectivity index (χ4v) is 3.20. The molecule has 27 heavy (non-hydrogen) atoms. The number of nitrogens with one attached hydrogen (secondary N) is 2. The van der Waals surface area contributed by atoms with Gasteiger partial charge in [-0.1, -0.05) is 29.3 Å². The molecular formula is C18H20Cl2N2O4S. The van der Waals surface area contributed by atoms with Crippen LogP contribution in [0, 0.1) is 6.92 Å². The second kappa shape index (κ2) is 8.82. The van der Waals surface area contributed by atoms with Crippen molar-refractivity contribution in [3.8, 4) is 5.75 Å². The Labute approximate surface area is 168 Å². The molecule has 0 saturated heterocycles. The van der Waals surface area contributed by atoms with Gasteiger partial charge in [0.25, 0.3) is 5.91 Å². The average Bonchev–Trinajstić information content (AvgIpc) is 2.61. The minimum Gasteiger partial charge on any atom is -0.479 e. The Morgan fingerprint density at radius 1 is 1.22 bits per heavy atom. The van der Waals surface area contributed by atoms with Crippen LogP contribution in [0.5, 0.6) is 5.75 Å². The normalized spacial score (nSPS) is 12.3. The Hall–Kier alpha value is -1.96. The number of sulfonamides is 1. The number of aryl methyl sites for hydroxylation is 1. The van der Waals surface area contributed by atoms with Crippen molar-refractivity contribution in [3.63, 3.8) is 0 Å². The van der Waals surface area contributed by atoms with E-state index in [9.17, 15) is 13.2 Å². The van der Waals surface area contributed by atoms with Crippen molar-refractivity contribution in [1.29, 1.82) is 0 Å². The van der Waals surface area contributed by atoms with Gasteiger partial charge in [0.15, 0.2) is 6.10 Å². The Balaban J connectivity index is 2.06. The SMILES string of the molecule is CCS(=O)(=O)Nc1ccc(NC(=O)C(C)Oc2cccc(Cl)c2Cl)cc1C. The predicted molar refractivity (Wildman–Crippen MR) is 109 cm³/mol. The van der Waals surface area contributed by atoms with Crippen LogP contribution in [0.25, 0.3) is 0 Å². The monoisotopic (exact) mass is 430 g/mol. The highest BCUT2D eigenvalue weighted by molar-refractivity contribution is 7.92. The first kappa shape index (κ1) is 21.3. The highest BCUT2D eigenvalue weighted by Crippen LogP contribution is 2.32. The van der Waals surface area contributed by atoms with Crippen molar-refractivity contribution in [1.82, 2.24) is 0 Å². The number of carbonyl (C=O) groups is 1. The molecule has 146 valence electrons. The van der Waals surface area contributed by atoms with Crippen molar-refractivity contribution in [2.45, 2.75) is 26.9 Å². The molecule has 0 aliphatic rings. The van der Waals surface area contributed by atoms with Crippen LogP contribution in [0.3, 0.4) is 0 Å². The molecule has 1 unspecified atom stereocenters. The van der Waals surface area contributed by atoms with Crippen molar-refractivity contribution in [3.05, 3.63) is 52.0 Å². The summed E-state index contributed by atoms with van der Waals surface area (Å²) in [6, 6.07) is 9.79. The number of amides is 1. The molecule has 0 radical (unpaired) electrons. The lowest BCUT2D eigenvalue weighted by Gasteiger charge is -2.17. The van der Waals surface area contributed by atoms with Gasteiger partial charge in [-0.2, -0.15) is 0 Å². The zero-order valence-electron chi connectivity index (χ0n) is 15.0. The summed E-state index contributed by atoms with van der Waals surface area (Å²) in [4.78, 5) is 12.4. The maximum Gasteiger partial charge on any atom is 0.265 e. The van der Waals surface area contributed by atoms with Gasteiger partial charge in [-0.25, -0.2) is 8.42 Å². The number of benzene rings is 2. The molecule has 0 spiro atoms. The molecule has 0 bridgehead atoms. The van der Waals surface area contributed by atoms with Crippen LogP contribution < -0.4 is 14.8 Å². The maximum atomic E-state index is 12.4. The molecule has 0 aliphatic carbocycles. The fourth-order valence-electron chi connectivity index (χ4n) is 2.16. The number of halogens is 2. The van der Waals surface area contributed by atoms with Crippen LogP contribution in [0.1, 0.15) is 19.4 Å². The van der Waals surface area contributed by atoms with Crippen LogP contribution in [0.4, 0.5) is 11.4 Å². The lowest BCUT2D eigenvalue weighted by atomic mass is 10.2. The number of hydrogen-bond donors (Lipinski definition) is 2. The van der Waals surface area contributed by atoms with E-state index in [1.165, 1.54) is 0 Å². The van der Waals surface area contributed by atoms with E-state index in [1.807, 2.05) is 0 Å². The molecule has 2 aromatic rings. The first-order valence-electron chi connectivity index (χ1n) is 8.15. The topological polar surface area (TPSA) is 84.5 Å². The second-order valence-corrected chi connectivity index (χ2v) is 8.63. The van der Waals surface area contributed by atoms with E-state index >= 15 is 0 Å². The Kier molecular flexibility index (Phi) is 6.97. The summed E-state index contributed by atoms with van der Waals surface area (Å²) >= 11 is 12.0. The molecule has 0 aliphatic heterocycles. The molecule has 1 amide bonds. The second-order valence-electron chi connectivity index (χ2n) is 5.84. The minimum atomic E-state index is -3.37. The molecule has 0 saturated carbocycles. The van der Waals surface area contributed by atoms with Gasteiger partial charge in [-0.3, -0.25) is 9.52 Å². The zero-order chi connectivity index (χ0) is 20.2. The molecule has 2 N–H and O–H groups in total. The average molecular weight is 431 g/mol. The standard InChI is InChI=1S/C18H20Cl2N2O4S/c1-4-27(24,25)22-15-9-8-13(10-11(15)2)21-18(23)12(3)26-16-7-5-6-14(19)17(16)20/h5-10,12,22H,4H2,1-3H3,(H,21,23). The molecule has 2 aromatic carbocycles. The highest BCUT2D eigenvalue weighted by atomic mass is 35.5.